The van der Waals surface area contributed by atoms with Crippen molar-refractivity contribution in [3.63, 3.8) is 0 Å². The van der Waals surface area contributed by atoms with Crippen LogP contribution in [0, 0.1) is 12.7 Å². The molecule has 0 radical (unpaired) electrons. The highest BCUT2D eigenvalue weighted by atomic mass is 35.5. The average Bonchev–Trinajstić information content (AvgIpc) is 2.67. The molecule has 1 aromatic heterocycles. The minimum atomic E-state index is -3.95. The number of nitrogens with zero attached hydrogens (tertiary/aromatic N) is 2. The first-order valence-corrected chi connectivity index (χ1v) is 11.2. The summed E-state index contributed by atoms with van der Waals surface area (Å²) < 4.78 is 49.7. The molecule has 168 valence electrons. The number of amidine groups is 1. The summed E-state index contributed by atoms with van der Waals surface area (Å²) in [7, 11) is -3.95. The van der Waals surface area contributed by atoms with Crippen molar-refractivity contribution in [2.75, 3.05) is 5.32 Å². The SMILES string of the molecule is Cc1cc(Cl)cnc1C(=O)Nc1ccc(F)c([C@@]2(C)N=C(N)C(C)(C)S(O)(O)C2F)c1. The Kier molecular flexibility index (Phi) is 5.81. The second kappa shape index (κ2) is 7.70. The molecular formula is C20H23ClF2N4O3S. The molecule has 31 heavy (non-hydrogen) atoms. The van der Waals surface area contributed by atoms with E-state index in [1.165, 1.54) is 39.1 Å². The molecule has 0 saturated carbocycles. The molecular weight excluding hydrogens is 450 g/mol. The van der Waals surface area contributed by atoms with Gasteiger partial charge in [-0.1, -0.05) is 11.6 Å². The summed E-state index contributed by atoms with van der Waals surface area (Å²) in [6, 6.07) is 5.08. The first-order valence-electron chi connectivity index (χ1n) is 9.22. The normalized spacial score (nSPS) is 25.5. The number of hydrogen-bond donors (Lipinski definition) is 4. The molecule has 1 aromatic carbocycles. The number of carbonyl (C=O) groups is 1. The molecule has 0 saturated heterocycles. The van der Waals surface area contributed by atoms with E-state index in [0.717, 1.165) is 6.07 Å². The van der Waals surface area contributed by atoms with Crippen molar-refractivity contribution in [3.05, 3.63) is 58.1 Å². The average molecular weight is 473 g/mol. The first kappa shape index (κ1) is 23.4. The van der Waals surface area contributed by atoms with E-state index in [-0.39, 0.29) is 22.8 Å². The molecule has 1 unspecified atom stereocenters. The van der Waals surface area contributed by atoms with Gasteiger partial charge in [-0.2, -0.15) is 10.6 Å². The number of aryl methyl sites for hydroxylation is 1. The zero-order chi connectivity index (χ0) is 23.4. The van der Waals surface area contributed by atoms with E-state index < -0.39 is 38.1 Å². The third-order valence-corrected chi connectivity index (χ3v) is 8.43. The van der Waals surface area contributed by atoms with Crippen molar-refractivity contribution in [2.45, 2.75) is 43.5 Å². The standard InChI is InChI=1S/C20H23ClF2N4O3S/c1-10-7-11(21)9-25-15(10)16(28)26-12-5-6-14(22)13(8-12)20(4)17(23)31(29,30)19(2,3)18(24)27-20/h5-9,17,29-30H,1-4H3,(H2,24,27)(H,26,28)/t17?,20-/m1/s1. The number of anilines is 1. The Hall–Kier alpha value is -2.27. The quantitative estimate of drug-likeness (QED) is 0.509. The van der Waals surface area contributed by atoms with E-state index in [9.17, 15) is 18.3 Å². The number of aromatic nitrogens is 1. The minimum absolute atomic E-state index is 0.112. The Bertz CT molecular complexity index is 1100. The Labute approximate surface area is 185 Å². The van der Waals surface area contributed by atoms with Crippen LogP contribution in [0.3, 0.4) is 0 Å². The number of nitrogens with one attached hydrogen (secondary N) is 1. The van der Waals surface area contributed by atoms with Crippen LogP contribution >= 0.6 is 22.2 Å². The molecule has 1 aliphatic heterocycles. The van der Waals surface area contributed by atoms with Crippen molar-refractivity contribution >= 4 is 39.6 Å². The van der Waals surface area contributed by atoms with Crippen LogP contribution in [0.25, 0.3) is 0 Å². The lowest BCUT2D eigenvalue weighted by Gasteiger charge is -2.55. The van der Waals surface area contributed by atoms with E-state index in [4.69, 9.17) is 17.3 Å². The maximum Gasteiger partial charge on any atom is 0.274 e. The van der Waals surface area contributed by atoms with E-state index in [1.807, 2.05) is 0 Å². The largest absolute Gasteiger partial charge is 0.386 e. The number of rotatable bonds is 3. The molecule has 0 spiro atoms. The van der Waals surface area contributed by atoms with E-state index >= 15 is 4.39 Å². The van der Waals surface area contributed by atoms with Gasteiger partial charge >= 0.3 is 0 Å². The van der Waals surface area contributed by atoms with Crippen molar-refractivity contribution in [2.24, 2.45) is 10.7 Å². The highest BCUT2D eigenvalue weighted by Gasteiger charge is 2.57. The molecule has 2 aromatic rings. The van der Waals surface area contributed by atoms with Gasteiger partial charge in [0.2, 0.25) is 5.50 Å². The van der Waals surface area contributed by atoms with Crippen LogP contribution in [0.5, 0.6) is 0 Å². The number of alkyl halides is 1. The number of hydrogen-bond acceptors (Lipinski definition) is 6. The third kappa shape index (κ3) is 3.78. The number of aliphatic imine (C=N–C) groups is 1. The number of nitrogens with two attached hydrogens (primary N) is 1. The number of carbonyl (C=O) groups excluding carboxylic acids is 1. The summed E-state index contributed by atoms with van der Waals surface area (Å²) in [5, 5.41) is 2.94. The third-order valence-electron chi connectivity index (χ3n) is 5.48. The number of halogens is 3. The summed E-state index contributed by atoms with van der Waals surface area (Å²) in [6.45, 7) is 5.61. The fraction of sp³-hybridized carbons (Fsp3) is 0.350. The second-order valence-electron chi connectivity index (χ2n) is 8.03. The maximum absolute atomic E-state index is 15.4. The van der Waals surface area contributed by atoms with Crippen LogP contribution in [0.15, 0.2) is 35.5 Å². The van der Waals surface area contributed by atoms with Crippen LogP contribution in [0.4, 0.5) is 14.5 Å². The summed E-state index contributed by atoms with van der Waals surface area (Å²) in [5.74, 6) is -1.63. The molecule has 7 nitrogen and oxygen atoms in total. The Morgan fingerprint density at radius 2 is 1.94 bits per heavy atom. The molecule has 11 heteroatoms. The van der Waals surface area contributed by atoms with Gasteiger partial charge in [0.05, 0.1) is 5.02 Å². The maximum atomic E-state index is 15.4. The zero-order valence-corrected chi connectivity index (χ0v) is 18.9. The Morgan fingerprint density at radius 1 is 1.29 bits per heavy atom. The van der Waals surface area contributed by atoms with Gasteiger partial charge in [-0.25, -0.2) is 13.8 Å². The van der Waals surface area contributed by atoms with Crippen LogP contribution in [0.2, 0.25) is 5.02 Å². The summed E-state index contributed by atoms with van der Waals surface area (Å²) >= 11 is 5.86. The van der Waals surface area contributed by atoms with E-state index in [2.05, 4.69) is 15.3 Å². The lowest BCUT2D eigenvalue weighted by atomic mass is 9.91. The van der Waals surface area contributed by atoms with Gasteiger partial charge in [0.15, 0.2) is 0 Å². The second-order valence-corrected chi connectivity index (χ2v) is 11.1. The summed E-state index contributed by atoms with van der Waals surface area (Å²) in [5.41, 5.74) is 2.07. The zero-order valence-electron chi connectivity index (χ0n) is 17.3. The number of benzene rings is 1. The van der Waals surface area contributed by atoms with Gasteiger partial charge in [0, 0.05) is 17.4 Å². The highest BCUT2D eigenvalue weighted by molar-refractivity contribution is 8.26. The van der Waals surface area contributed by atoms with Gasteiger partial charge in [0.25, 0.3) is 5.91 Å². The number of pyridine rings is 1. The van der Waals surface area contributed by atoms with Crippen LogP contribution in [0.1, 0.15) is 42.4 Å². The fourth-order valence-corrected chi connectivity index (χ4v) is 5.21. The monoisotopic (exact) mass is 472 g/mol. The fourth-order valence-electron chi connectivity index (χ4n) is 3.31. The summed E-state index contributed by atoms with van der Waals surface area (Å²) in [4.78, 5) is 20.7. The molecule has 1 aliphatic rings. The van der Waals surface area contributed by atoms with Crippen molar-refractivity contribution in [3.8, 4) is 0 Å². The molecule has 1 amide bonds. The Morgan fingerprint density at radius 3 is 2.55 bits per heavy atom. The highest BCUT2D eigenvalue weighted by Crippen LogP contribution is 2.64. The molecule has 2 heterocycles. The lowest BCUT2D eigenvalue weighted by molar-refractivity contribution is 0.102. The van der Waals surface area contributed by atoms with Gasteiger partial charge < -0.3 is 11.1 Å². The molecule has 0 aliphatic carbocycles. The summed E-state index contributed by atoms with van der Waals surface area (Å²) in [6.07, 6.45) is 1.32. The first-order chi connectivity index (χ1) is 14.2. The lowest BCUT2D eigenvalue weighted by Crippen LogP contribution is -2.55. The van der Waals surface area contributed by atoms with Gasteiger partial charge in [-0.05, 0) is 57.5 Å². The van der Waals surface area contributed by atoms with Gasteiger partial charge in [-0.15, -0.1) is 0 Å². The van der Waals surface area contributed by atoms with Crippen LogP contribution in [-0.4, -0.2) is 36.1 Å². The molecule has 0 bridgehead atoms. The van der Waals surface area contributed by atoms with Crippen LogP contribution in [-0.2, 0) is 5.54 Å². The number of amides is 1. The van der Waals surface area contributed by atoms with Crippen molar-refractivity contribution in [1.82, 2.24) is 4.98 Å². The Balaban J connectivity index is 2.03. The van der Waals surface area contributed by atoms with E-state index in [1.54, 1.807) is 13.0 Å². The van der Waals surface area contributed by atoms with E-state index in [0.29, 0.717) is 10.6 Å². The molecule has 0 fully saturated rings. The van der Waals surface area contributed by atoms with Gasteiger partial charge in [0.1, 0.15) is 27.6 Å². The van der Waals surface area contributed by atoms with Crippen molar-refractivity contribution in [1.29, 1.82) is 0 Å². The van der Waals surface area contributed by atoms with Crippen LogP contribution < -0.4 is 11.1 Å². The predicted molar refractivity (Wildman–Crippen MR) is 119 cm³/mol. The van der Waals surface area contributed by atoms with Crippen molar-refractivity contribution < 1.29 is 22.7 Å². The molecule has 2 atom stereocenters. The minimum Gasteiger partial charge on any atom is -0.386 e. The topological polar surface area (TPSA) is 121 Å². The predicted octanol–water partition coefficient (Wildman–Crippen LogP) is 4.85. The molecule has 3 rings (SSSR count). The molecule has 5 N–H and O–H groups in total. The van der Waals surface area contributed by atoms with Gasteiger partial charge in [-0.3, -0.25) is 18.9 Å². The smallest absolute Gasteiger partial charge is 0.274 e.